The van der Waals surface area contributed by atoms with Crippen LogP contribution in [0.4, 0.5) is 11.5 Å². The standard InChI is InChI=1S/C12H11BrN4O/c1-7-2-8(13)4-9(3-7)16-12(18)10-5-15-6-11(14)17-10/h2-6H,1H3,(H2,14,17)(H,16,18). The Labute approximate surface area is 113 Å². The van der Waals surface area contributed by atoms with Crippen molar-refractivity contribution in [3.63, 3.8) is 0 Å². The first-order valence-electron chi connectivity index (χ1n) is 5.20. The third kappa shape index (κ3) is 3.04. The fourth-order valence-electron chi connectivity index (χ4n) is 1.49. The minimum atomic E-state index is -0.340. The Hall–Kier alpha value is -1.95. The molecule has 3 N–H and O–H groups in total. The summed E-state index contributed by atoms with van der Waals surface area (Å²) in [5.41, 5.74) is 7.40. The van der Waals surface area contributed by atoms with E-state index in [1.54, 1.807) is 0 Å². The Kier molecular flexibility index (Phi) is 3.57. The van der Waals surface area contributed by atoms with Crippen molar-refractivity contribution in [3.8, 4) is 0 Å². The number of nitrogens with one attached hydrogen (secondary N) is 1. The van der Waals surface area contributed by atoms with Gasteiger partial charge in [-0.15, -0.1) is 0 Å². The van der Waals surface area contributed by atoms with E-state index in [1.807, 2.05) is 25.1 Å². The molecule has 1 aromatic heterocycles. The lowest BCUT2D eigenvalue weighted by atomic mass is 10.2. The molecule has 0 saturated heterocycles. The fourth-order valence-corrected chi connectivity index (χ4v) is 2.10. The summed E-state index contributed by atoms with van der Waals surface area (Å²) >= 11 is 3.37. The van der Waals surface area contributed by atoms with Crippen molar-refractivity contribution < 1.29 is 4.79 Å². The number of benzene rings is 1. The maximum absolute atomic E-state index is 11.9. The Morgan fingerprint density at radius 3 is 2.78 bits per heavy atom. The first-order chi connectivity index (χ1) is 8.54. The van der Waals surface area contributed by atoms with E-state index in [1.165, 1.54) is 12.4 Å². The van der Waals surface area contributed by atoms with Gasteiger partial charge in [0.1, 0.15) is 11.5 Å². The monoisotopic (exact) mass is 306 g/mol. The van der Waals surface area contributed by atoms with Crippen LogP contribution in [0, 0.1) is 6.92 Å². The van der Waals surface area contributed by atoms with E-state index in [0.717, 1.165) is 10.0 Å². The zero-order valence-electron chi connectivity index (χ0n) is 9.64. The van der Waals surface area contributed by atoms with E-state index in [-0.39, 0.29) is 17.4 Å². The van der Waals surface area contributed by atoms with Gasteiger partial charge in [0, 0.05) is 10.2 Å². The summed E-state index contributed by atoms with van der Waals surface area (Å²) in [5.74, 6) is -0.125. The van der Waals surface area contributed by atoms with E-state index >= 15 is 0 Å². The number of aryl methyl sites for hydroxylation is 1. The number of hydrogen-bond donors (Lipinski definition) is 2. The van der Waals surface area contributed by atoms with E-state index in [9.17, 15) is 4.79 Å². The van der Waals surface area contributed by atoms with Crippen LogP contribution in [0.3, 0.4) is 0 Å². The molecule has 0 aliphatic heterocycles. The molecule has 0 unspecified atom stereocenters. The van der Waals surface area contributed by atoms with Gasteiger partial charge in [-0.1, -0.05) is 15.9 Å². The number of hydrogen-bond acceptors (Lipinski definition) is 4. The molecule has 2 aromatic rings. The van der Waals surface area contributed by atoms with Gasteiger partial charge in [-0.3, -0.25) is 9.78 Å². The third-order valence-corrected chi connectivity index (χ3v) is 2.64. The second-order valence-electron chi connectivity index (χ2n) is 3.80. The number of nitrogens with zero attached hydrogens (tertiary/aromatic N) is 2. The molecule has 0 aliphatic rings. The minimum Gasteiger partial charge on any atom is -0.382 e. The molecule has 0 aliphatic carbocycles. The van der Waals surface area contributed by atoms with Gasteiger partial charge in [0.25, 0.3) is 5.91 Å². The SMILES string of the molecule is Cc1cc(Br)cc(NC(=O)c2cncc(N)n2)c1. The van der Waals surface area contributed by atoms with Crippen LogP contribution in [0.25, 0.3) is 0 Å². The smallest absolute Gasteiger partial charge is 0.275 e. The van der Waals surface area contributed by atoms with Crippen molar-refractivity contribution in [1.82, 2.24) is 9.97 Å². The Morgan fingerprint density at radius 2 is 2.11 bits per heavy atom. The Balaban J connectivity index is 2.21. The van der Waals surface area contributed by atoms with Crippen LogP contribution in [-0.2, 0) is 0 Å². The summed E-state index contributed by atoms with van der Waals surface area (Å²) in [7, 11) is 0. The Bertz CT molecular complexity index is 580. The van der Waals surface area contributed by atoms with Crippen LogP contribution in [0.2, 0.25) is 0 Å². The molecule has 18 heavy (non-hydrogen) atoms. The highest BCUT2D eigenvalue weighted by atomic mass is 79.9. The van der Waals surface area contributed by atoms with Crippen molar-refractivity contribution in [2.24, 2.45) is 0 Å². The number of carbonyl (C=O) groups excluding carboxylic acids is 1. The zero-order chi connectivity index (χ0) is 13.1. The number of nitrogen functional groups attached to an aromatic ring is 1. The minimum absolute atomic E-state index is 0.188. The molecule has 5 nitrogen and oxygen atoms in total. The first-order valence-corrected chi connectivity index (χ1v) is 6.00. The van der Waals surface area contributed by atoms with Crippen molar-refractivity contribution in [3.05, 3.63) is 46.3 Å². The number of carbonyl (C=O) groups is 1. The maximum Gasteiger partial charge on any atom is 0.275 e. The molecule has 92 valence electrons. The quantitative estimate of drug-likeness (QED) is 0.892. The van der Waals surface area contributed by atoms with Gasteiger partial charge in [-0.2, -0.15) is 0 Å². The van der Waals surface area contributed by atoms with Gasteiger partial charge in [-0.05, 0) is 30.7 Å². The number of aromatic nitrogens is 2. The van der Waals surface area contributed by atoms with Gasteiger partial charge in [0.2, 0.25) is 0 Å². The van der Waals surface area contributed by atoms with Crippen LogP contribution in [0.15, 0.2) is 35.1 Å². The first kappa shape index (κ1) is 12.5. The molecule has 1 amide bonds. The number of halogens is 1. The summed E-state index contributed by atoms with van der Waals surface area (Å²) in [6, 6.07) is 5.63. The molecule has 0 spiro atoms. The number of nitrogens with two attached hydrogens (primary N) is 1. The van der Waals surface area contributed by atoms with E-state index in [0.29, 0.717) is 5.69 Å². The van der Waals surface area contributed by atoms with Crippen molar-refractivity contribution in [2.75, 3.05) is 11.1 Å². The number of rotatable bonds is 2. The summed E-state index contributed by atoms with van der Waals surface area (Å²) < 4.78 is 0.899. The molecule has 0 radical (unpaired) electrons. The summed E-state index contributed by atoms with van der Waals surface area (Å²) in [6.07, 6.45) is 2.76. The largest absolute Gasteiger partial charge is 0.382 e. The molecule has 1 aromatic carbocycles. The Morgan fingerprint density at radius 1 is 1.33 bits per heavy atom. The highest BCUT2D eigenvalue weighted by Crippen LogP contribution is 2.19. The third-order valence-electron chi connectivity index (χ3n) is 2.19. The summed E-state index contributed by atoms with van der Waals surface area (Å²) in [6.45, 7) is 1.95. The van der Waals surface area contributed by atoms with E-state index in [4.69, 9.17) is 5.73 Å². The predicted molar refractivity (Wildman–Crippen MR) is 73.3 cm³/mol. The predicted octanol–water partition coefficient (Wildman–Crippen LogP) is 2.38. The van der Waals surface area contributed by atoms with E-state index < -0.39 is 0 Å². The van der Waals surface area contributed by atoms with Gasteiger partial charge < -0.3 is 11.1 Å². The molecule has 2 rings (SSSR count). The molecule has 0 bridgehead atoms. The molecular formula is C12H11BrN4O. The summed E-state index contributed by atoms with van der Waals surface area (Å²) in [4.78, 5) is 19.6. The number of anilines is 2. The van der Waals surface area contributed by atoms with Gasteiger partial charge in [0.05, 0.1) is 12.4 Å². The van der Waals surface area contributed by atoms with Crippen molar-refractivity contribution >= 4 is 33.3 Å². The molecular weight excluding hydrogens is 296 g/mol. The fraction of sp³-hybridized carbons (Fsp3) is 0.0833. The normalized spacial score (nSPS) is 10.1. The molecule has 0 atom stereocenters. The van der Waals surface area contributed by atoms with Crippen LogP contribution < -0.4 is 11.1 Å². The van der Waals surface area contributed by atoms with Gasteiger partial charge in [0.15, 0.2) is 0 Å². The average molecular weight is 307 g/mol. The molecule has 6 heteroatoms. The van der Waals surface area contributed by atoms with E-state index in [2.05, 4.69) is 31.2 Å². The molecule has 1 heterocycles. The highest BCUT2D eigenvalue weighted by molar-refractivity contribution is 9.10. The second kappa shape index (κ2) is 5.14. The van der Waals surface area contributed by atoms with Crippen molar-refractivity contribution in [2.45, 2.75) is 6.92 Å². The van der Waals surface area contributed by atoms with Crippen LogP contribution in [-0.4, -0.2) is 15.9 Å². The topological polar surface area (TPSA) is 80.9 Å². The number of amides is 1. The lowest BCUT2D eigenvalue weighted by Gasteiger charge is -2.06. The van der Waals surface area contributed by atoms with Crippen molar-refractivity contribution in [1.29, 1.82) is 0 Å². The molecule has 0 fully saturated rings. The zero-order valence-corrected chi connectivity index (χ0v) is 11.2. The second-order valence-corrected chi connectivity index (χ2v) is 4.72. The lowest BCUT2D eigenvalue weighted by Crippen LogP contribution is -2.14. The summed E-state index contributed by atoms with van der Waals surface area (Å²) in [5, 5.41) is 2.74. The van der Waals surface area contributed by atoms with Crippen LogP contribution in [0.5, 0.6) is 0 Å². The maximum atomic E-state index is 11.9. The highest BCUT2D eigenvalue weighted by Gasteiger charge is 2.09. The lowest BCUT2D eigenvalue weighted by molar-refractivity contribution is 0.102. The van der Waals surface area contributed by atoms with Gasteiger partial charge in [-0.25, -0.2) is 4.98 Å². The van der Waals surface area contributed by atoms with Gasteiger partial charge >= 0.3 is 0 Å². The van der Waals surface area contributed by atoms with Crippen LogP contribution in [0.1, 0.15) is 16.1 Å². The molecule has 0 saturated carbocycles. The van der Waals surface area contributed by atoms with Crippen LogP contribution >= 0.6 is 15.9 Å². The average Bonchev–Trinajstić information content (AvgIpc) is 2.27.